The average molecular weight is 457 g/mol. The number of hydrogen-bond acceptors (Lipinski definition) is 6. The van der Waals surface area contributed by atoms with Gasteiger partial charge in [-0.25, -0.2) is 4.68 Å². The third kappa shape index (κ3) is 5.56. The molecule has 32 heavy (non-hydrogen) atoms. The molecule has 7 nitrogen and oxygen atoms in total. The van der Waals surface area contributed by atoms with Gasteiger partial charge in [0.15, 0.2) is 5.82 Å². The standard InChI is InChI=1S/C23H28N4O3S.CH4/c1-25-11-8-18(9-12-25)27(23(28)21-7-4-16-31-21)22-10-13-26(24-22)19-5-3-6-20(17-19)30-15-14-29-2;/h3-7,10,13,16-18H,8-9,11-12,14-15H2,1-2H3;1H4. The maximum Gasteiger partial charge on any atom is 0.269 e. The molecule has 0 spiro atoms. The second-order valence-electron chi connectivity index (χ2n) is 7.64. The average Bonchev–Trinajstić information content (AvgIpc) is 3.48. The van der Waals surface area contributed by atoms with E-state index in [1.807, 2.05) is 58.9 Å². The minimum absolute atomic E-state index is 0. The number of benzene rings is 1. The van der Waals surface area contributed by atoms with Crippen LogP contribution in [-0.4, -0.2) is 67.1 Å². The Kier molecular flexibility index (Phi) is 8.44. The first-order valence-corrected chi connectivity index (χ1v) is 11.4. The van der Waals surface area contributed by atoms with Crippen molar-refractivity contribution in [3.63, 3.8) is 0 Å². The highest BCUT2D eigenvalue weighted by atomic mass is 32.1. The third-order valence-corrected chi connectivity index (χ3v) is 6.32. The number of nitrogens with zero attached hydrogens (tertiary/aromatic N) is 4. The molecular weight excluding hydrogens is 424 g/mol. The first kappa shape index (κ1) is 24.0. The fourth-order valence-corrected chi connectivity index (χ4v) is 4.43. The van der Waals surface area contributed by atoms with Crippen molar-refractivity contribution < 1.29 is 14.3 Å². The zero-order valence-electron chi connectivity index (χ0n) is 17.9. The summed E-state index contributed by atoms with van der Waals surface area (Å²) in [5.41, 5.74) is 0.882. The fourth-order valence-electron chi connectivity index (χ4n) is 3.77. The lowest BCUT2D eigenvalue weighted by Crippen LogP contribution is -2.47. The molecule has 8 heteroatoms. The van der Waals surface area contributed by atoms with E-state index in [1.165, 1.54) is 11.3 Å². The van der Waals surface area contributed by atoms with Crippen molar-refractivity contribution in [2.75, 3.05) is 45.4 Å². The van der Waals surface area contributed by atoms with Crippen LogP contribution in [0.1, 0.15) is 29.9 Å². The van der Waals surface area contributed by atoms with Crippen LogP contribution in [0.5, 0.6) is 5.75 Å². The van der Waals surface area contributed by atoms with E-state index >= 15 is 0 Å². The van der Waals surface area contributed by atoms with Gasteiger partial charge in [0.1, 0.15) is 12.4 Å². The van der Waals surface area contributed by atoms with Crippen LogP contribution in [0.2, 0.25) is 0 Å². The predicted molar refractivity (Wildman–Crippen MR) is 129 cm³/mol. The smallest absolute Gasteiger partial charge is 0.269 e. The molecular formula is C24H32N4O3S. The Hall–Kier alpha value is -2.68. The monoisotopic (exact) mass is 456 g/mol. The van der Waals surface area contributed by atoms with Crippen molar-refractivity contribution in [3.8, 4) is 11.4 Å². The number of piperidine rings is 1. The van der Waals surface area contributed by atoms with Crippen LogP contribution in [0.4, 0.5) is 5.82 Å². The summed E-state index contributed by atoms with van der Waals surface area (Å²) in [4.78, 5) is 18.3. The van der Waals surface area contributed by atoms with E-state index in [9.17, 15) is 4.79 Å². The summed E-state index contributed by atoms with van der Waals surface area (Å²) in [6, 6.07) is 13.6. The highest BCUT2D eigenvalue weighted by Crippen LogP contribution is 2.27. The molecule has 0 unspecified atom stereocenters. The van der Waals surface area contributed by atoms with Gasteiger partial charge in [-0.2, -0.15) is 0 Å². The largest absolute Gasteiger partial charge is 0.491 e. The summed E-state index contributed by atoms with van der Waals surface area (Å²) in [6.45, 7) is 2.97. The summed E-state index contributed by atoms with van der Waals surface area (Å²) < 4.78 is 12.6. The Morgan fingerprint density at radius 1 is 1.19 bits per heavy atom. The number of anilines is 1. The van der Waals surface area contributed by atoms with Gasteiger partial charge in [0.2, 0.25) is 0 Å². The van der Waals surface area contributed by atoms with Gasteiger partial charge in [-0.15, -0.1) is 16.4 Å². The van der Waals surface area contributed by atoms with Crippen molar-refractivity contribution in [3.05, 3.63) is 58.9 Å². The predicted octanol–water partition coefficient (Wildman–Crippen LogP) is 4.34. The quantitative estimate of drug-likeness (QED) is 0.472. The van der Waals surface area contributed by atoms with E-state index in [-0.39, 0.29) is 19.4 Å². The minimum Gasteiger partial charge on any atom is -0.491 e. The summed E-state index contributed by atoms with van der Waals surface area (Å²) in [5.74, 6) is 1.46. The molecule has 0 saturated carbocycles. The second kappa shape index (κ2) is 11.3. The van der Waals surface area contributed by atoms with Gasteiger partial charge in [0.05, 0.1) is 17.2 Å². The van der Waals surface area contributed by atoms with Crippen LogP contribution in [-0.2, 0) is 4.74 Å². The fraction of sp³-hybridized carbons (Fsp3) is 0.417. The number of methoxy groups -OCH3 is 1. The van der Waals surface area contributed by atoms with Gasteiger partial charge in [0.25, 0.3) is 5.91 Å². The Labute approximate surface area is 194 Å². The SMILES string of the molecule is C.COCCOc1cccc(-n2ccc(N(C(=O)c3cccs3)C3CCN(C)CC3)n2)c1. The van der Waals surface area contributed by atoms with E-state index in [1.54, 1.807) is 11.8 Å². The lowest BCUT2D eigenvalue weighted by atomic mass is 10.0. The summed E-state index contributed by atoms with van der Waals surface area (Å²) in [6.07, 6.45) is 3.76. The Morgan fingerprint density at radius 2 is 2.00 bits per heavy atom. The van der Waals surface area contributed by atoms with Gasteiger partial charge < -0.3 is 14.4 Å². The van der Waals surface area contributed by atoms with Crippen LogP contribution in [0.25, 0.3) is 5.69 Å². The first-order chi connectivity index (χ1) is 15.2. The lowest BCUT2D eigenvalue weighted by molar-refractivity contribution is 0.0966. The van der Waals surface area contributed by atoms with Crippen LogP contribution in [0.3, 0.4) is 0 Å². The second-order valence-corrected chi connectivity index (χ2v) is 8.59. The maximum absolute atomic E-state index is 13.4. The topological polar surface area (TPSA) is 59.8 Å². The van der Waals surface area contributed by atoms with Crippen molar-refractivity contribution in [2.45, 2.75) is 26.3 Å². The van der Waals surface area contributed by atoms with Gasteiger partial charge in [-0.1, -0.05) is 19.6 Å². The molecule has 0 N–H and O–H groups in total. The molecule has 0 aliphatic carbocycles. The van der Waals surface area contributed by atoms with Crippen molar-refractivity contribution in [2.24, 2.45) is 0 Å². The Balaban J connectivity index is 0.00000289. The molecule has 3 aromatic rings. The number of carbonyl (C=O) groups excluding carboxylic acids is 1. The number of amides is 1. The molecule has 1 fully saturated rings. The molecule has 0 bridgehead atoms. The number of hydrogen-bond donors (Lipinski definition) is 0. The molecule has 0 atom stereocenters. The Bertz CT molecular complexity index is 981. The van der Waals surface area contributed by atoms with E-state index in [2.05, 4.69) is 11.9 Å². The lowest BCUT2D eigenvalue weighted by Gasteiger charge is -2.36. The zero-order valence-corrected chi connectivity index (χ0v) is 18.8. The Morgan fingerprint density at radius 3 is 2.72 bits per heavy atom. The van der Waals surface area contributed by atoms with Crippen molar-refractivity contribution in [1.29, 1.82) is 0 Å². The molecule has 2 aromatic heterocycles. The zero-order chi connectivity index (χ0) is 21.6. The van der Waals surface area contributed by atoms with Gasteiger partial charge in [-0.3, -0.25) is 9.69 Å². The maximum atomic E-state index is 13.4. The van der Waals surface area contributed by atoms with E-state index in [0.29, 0.717) is 19.0 Å². The van der Waals surface area contributed by atoms with Crippen LogP contribution in [0.15, 0.2) is 54.0 Å². The molecule has 4 rings (SSSR count). The van der Waals surface area contributed by atoms with Crippen LogP contribution < -0.4 is 9.64 Å². The van der Waals surface area contributed by atoms with Gasteiger partial charge >= 0.3 is 0 Å². The number of aromatic nitrogens is 2. The number of ether oxygens (including phenoxy) is 2. The number of likely N-dealkylation sites (tertiary alicyclic amines) is 1. The molecule has 172 valence electrons. The summed E-state index contributed by atoms with van der Waals surface area (Å²) in [5, 5.41) is 6.71. The van der Waals surface area contributed by atoms with Gasteiger partial charge in [0, 0.05) is 31.5 Å². The third-order valence-electron chi connectivity index (χ3n) is 5.46. The molecule has 1 saturated heterocycles. The normalized spacial score (nSPS) is 14.7. The van der Waals surface area contributed by atoms with E-state index < -0.39 is 0 Å². The number of carbonyl (C=O) groups is 1. The van der Waals surface area contributed by atoms with Crippen molar-refractivity contribution in [1.82, 2.24) is 14.7 Å². The summed E-state index contributed by atoms with van der Waals surface area (Å²) in [7, 11) is 3.77. The highest BCUT2D eigenvalue weighted by Gasteiger charge is 2.31. The molecule has 0 radical (unpaired) electrons. The van der Waals surface area contributed by atoms with Gasteiger partial charge in [-0.05, 0) is 56.6 Å². The molecule has 1 aromatic carbocycles. The molecule has 3 heterocycles. The van der Waals surface area contributed by atoms with Crippen LogP contribution >= 0.6 is 11.3 Å². The first-order valence-electron chi connectivity index (χ1n) is 10.5. The minimum atomic E-state index is 0. The highest BCUT2D eigenvalue weighted by molar-refractivity contribution is 7.12. The number of rotatable bonds is 8. The van der Waals surface area contributed by atoms with E-state index in [4.69, 9.17) is 14.6 Å². The van der Waals surface area contributed by atoms with Crippen LogP contribution in [0, 0.1) is 0 Å². The van der Waals surface area contributed by atoms with Crippen molar-refractivity contribution >= 4 is 23.1 Å². The van der Waals surface area contributed by atoms with E-state index in [0.717, 1.165) is 42.2 Å². The number of thiophene rings is 1. The molecule has 1 aliphatic rings. The molecule has 1 amide bonds. The summed E-state index contributed by atoms with van der Waals surface area (Å²) >= 11 is 1.47. The molecule has 1 aliphatic heterocycles.